The lowest BCUT2D eigenvalue weighted by Gasteiger charge is -2.20. The van der Waals surface area contributed by atoms with Crippen molar-refractivity contribution in [2.45, 2.75) is 18.4 Å². The number of H-pyrrole nitrogens is 1. The van der Waals surface area contributed by atoms with Gasteiger partial charge in [-0.05, 0) is 24.1 Å². The van der Waals surface area contributed by atoms with Gasteiger partial charge in [0.25, 0.3) is 0 Å². The Kier molecular flexibility index (Phi) is 4.16. The molecule has 0 radical (unpaired) electrons. The molecule has 0 saturated carbocycles. The van der Waals surface area contributed by atoms with Crippen molar-refractivity contribution in [2.75, 3.05) is 13.1 Å². The van der Waals surface area contributed by atoms with E-state index in [1.165, 1.54) is 4.90 Å². The number of carbonyl (C=O) groups excluding carboxylic acids is 1. The molecule has 0 aliphatic carbocycles. The molecule has 1 fully saturated rings. The number of carboxylic acids is 1. The van der Waals surface area contributed by atoms with E-state index in [-0.39, 0.29) is 18.4 Å². The summed E-state index contributed by atoms with van der Waals surface area (Å²) < 4.78 is 0. The van der Waals surface area contributed by atoms with E-state index in [1.54, 1.807) is 0 Å². The molecule has 2 aromatic rings. The van der Waals surface area contributed by atoms with Crippen LogP contribution in [0.2, 0.25) is 0 Å². The summed E-state index contributed by atoms with van der Waals surface area (Å²) in [6.07, 6.45) is 0.399. The Morgan fingerprint density at radius 1 is 1.22 bits per heavy atom. The Bertz CT molecular complexity index is 711. The number of likely N-dealkylation sites (tertiary alicyclic amines) is 1. The second kappa shape index (κ2) is 6.26. The number of rotatable bonds is 4. The smallest absolute Gasteiger partial charge is 0.326 e. The lowest BCUT2D eigenvalue weighted by molar-refractivity contribution is -0.147. The molecular weight excluding hydrogens is 294 g/mol. The predicted octanol–water partition coefficient (Wildman–Crippen LogP) is 1.41. The molecule has 1 saturated heterocycles. The maximum Gasteiger partial charge on any atom is 0.326 e. The van der Waals surface area contributed by atoms with Crippen LogP contribution in [0.1, 0.15) is 18.0 Å². The first-order valence-corrected chi connectivity index (χ1v) is 7.57. The van der Waals surface area contributed by atoms with Gasteiger partial charge in [-0.2, -0.15) is 0 Å². The molecule has 6 heteroatoms. The van der Waals surface area contributed by atoms with Gasteiger partial charge in [0, 0.05) is 23.9 Å². The molecule has 3 rings (SSSR count). The zero-order chi connectivity index (χ0) is 16.4. The van der Waals surface area contributed by atoms with E-state index in [0.29, 0.717) is 13.0 Å². The Morgan fingerprint density at radius 3 is 2.61 bits per heavy atom. The maximum atomic E-state index is 11.9. The van der Waals surface area contributed by atoms with Crippen molar-refractivity contribution in [3.05, 3.63) is 48.2 Å². The highest BCUT2D eigenvalue weighted by Gasteiger charge is 2.40. The molecular formula is C17H19N3O3. The second-order valence-corrected chi connectivity index (χ2v) is 5.73. The van der Waals surface area contributed by atoms with Gasteiger partial charge in [0.1, 0.15) is 6.04 Å². The van der Waals surface area contributed by atoms with Crippen LogP contribution >= 0.6 is 0 Å². The fraction of sp³-hybridized carbons (Fsp3) is 0.294. The average molecular weight is 313 g/mol. The monoisotopic (exact) mass is 313 g/mol. The molecule has 2 atom stereocenters. The number of aromatic amines is 1. The summed E-state index contributed by atoms with van der Waals surface area (Å²) in [7, 11) is 0. The number of carbonyl (C=O) groups is 2. The van der Waals surface area contributed by atoms with E-state index >= 15 is 0 Å². The summed E-state index contributed by atoms with van der Waals surface area (Å²) in [6.45, 7) is 0.207. The van der Waals surface area contributed by atoms with Gasteiger partial charge in [-0.15, -0.1) is 0 Å². The van der Waals surface area contributed by atoms with Crippen LogP contribution in [-0.2, 0) is 9.59 Å². The highest BCUT2D eigenvalue weighted by atomic mass is 16.4. The van der Waals surface area contributed by atoms with Crippen LogP contribution in [0.25, 0.3) is 11.3 Å². The minimum Gasteiger partial charge on any atom is -0.480 e. The number of nitrogens with zero attached hydrogens (tertiary/aromatic N) is 1. The Balaban J connectivity index is 1.82. The fourth-order valence-corrected chi connectivity index (χ4v) is 3.12. The van der Waals surface area contributed by atoms with Crippen molar-refractivity contribution in [1.82, 2.24) is 9.88 Å². The number of hydrogen-bond acceptors (Lipinski definition) is 3. The molecule has 1 aliphatic rings. The number of aliphatic carboxylic acids is 1. The van der Waals surface area contributed by atoms with E-state index in [2.05, 4.69) is 4.98 Å². The summed E-state index contributed by atoms with van der Waals surface area (Å²) in [5.74, 6) is -1.33. The van der Waals surface area contributed by atoms with Gasteiger partial charge < -0.3 is 20.7 Å². The summed E-state index contributed by atoms with van der Waals surface area (Å²) in [5, 5.41) is 9.33. The largest absolute Gasteiger partial charge is 0.480 e. The zero-order valence-corrected chi connectivity index (χ0v) is 12.6. The summed E-state index contributed by atoms with van der Waals surface area (Å²) in [4.78, 5) is 28.0. The van der Waals surface area contributed by atoms with Crippen LogP contribution in [0.4, 0.5) is 0 Å². The normalized spacial score (nSPS) is 20.7. The Morgan fingerprint density at radius 2 is 1.96 bits per heavy atom. The van der Waals surface area contributed by atoms with Crippen molar-refractivity contribution in [3.63, 3.8) is 0 Å². The summed E-state index contributed by atoms with van der Waals surface area (Å²) in [5.41, 5.74) is 8.39. The molecule has 1 aliphatic heterocycles. The quantitative estimate of drug-likeness (QED) is 0.794. The van der Waals surface area contributed by atoms with E-state index in [9.17, 15) is 14.7 Å². The van der Waals surface area contributed by atoms with Crippen LogP contribution in [0, 0.1) is 0 Å². The number of nitrogens with two attached hydrogens (primary N) is 1. The number of amides is 1. The van der Waals surface area contributed by atoms with Crippen LogP contribution < -0.4 is 5.73 Å². The standard InChI is InChI=1S/C17H19N3O3/c18-9-16(21)20-10-12(8-15(20)17(22)23)14-7-6-13(19-14)11-4-2-1-3-5-11/h1-7,12,15,19H,8-10,18H2,(H,22,23). The van der Waals surface area contributed by atoms with Crippen LogP contribution in [0.15, 0.2) is 42.5 Å². The van der Waals surface area contributed by atoms with E-state index in [4.69, 9.17) is 5.73 Å². The van der Waals surface area contributed by atoms with Gasteiger partial charge in [-0.25, -0.2) is 4.79 Å². The van der Waals surface area contributed by atoms with Gasteiger partial charge in [-0.3, -0.25) is 4.79 Å². The molecule has 6 nitrogen and oxygen atoms in total. The van der Waals surface area contributed by atoms with Crippen LogP contribution in [0.5, 0.6) is 0 Å². The number of aromatic nitrogens is 1. The van der Waals surface area contributed by atoms with Crippen molar-refractivity contribution in [3.8, 4) is 11.3 Å². The number of hydrogen-bond donors (Lipinski definition) is 3. The molecule has 1 amide bonds. The molecule has 23 heavy (non-hydrogen) atoms. The van der Waals surface area contributed by atoms with Gasteiger partial charge in [0.05, 0.1) is 6.54 Å². The third-order valence-corrected chi connectivity index (χ3v) is 4.31. The fourth-order valence-electron chi connectivity index (χ4n) is 3.12. The Labute approximate surface area is 133 Å². The van der Waals surface area contributed by atoms with Crippen molar-refractivity contribution in [2.24, 2.45) is 5.73 Å². The van der Waals surface area contributed by atoms with Crippen LogP contribution in [0.3, 0.4) is 0 Å². The van der Waals surface area contributed by atoms with Crippen LogP contribution in [-0.4, -0.2) is 46.0 Å². The van der Waals surface area contributed by atoms with Crippen molar-refractivity contribution >= 4 is 11.9 Å². The first-order valence-electron chi connectivity index (χ1n) is 7.57. The predicted molar refractivity (Wildman–Crippen MR) is 85.8 cm³/mol. The lowest BCUT2D eigenvalue weighted by Crippen LogP contribution is -2.43. The third kappa shape index (κ3) is 2.98. The maximum absolute atomic E-state index is 11.9. The minimum atomic E-state index is -0.982. The molecule has 120 valence electrons. The van der Waals surface area contributed by atoms with E-state index in [1.807, 2.05) is 42.5 Å². The molecule has 1 aromatic heterocycles. The topological polar surface area (TPSA) is 99.4 Å². The number of carboxylic acid groups (broad SMARTS) is 1. The average Bonchev–Trinajstić information content (AvgIpc) is 3.21. The second-order valence-electron chi connectivity index (χ2n) is 5.73. The molecule has 2 unspecified atom stereocenters. The summed E-state index contributed by atoms with van der Waals surface area (Å²) in [6, 6.07) is 13.0. The third-order valence-electron chi connectivity index (χ3n) is 4.31. The van der Waals surface area contributed by atoms with Gasteiger partial charge in [0.15, 0.2) is 0 Å². The van der Waals surface area contributed by atoms with Gasteiger partial charge in [0.2, 0.25) is 5.91 Å². The minimum absolute atomic E-state index is 0.0240. The van der Waals surface area contributed by atoms with Crippen molar-refractivity contribution < 1.29 is 14.7 Å². The SMILES string of the molecule is NCC(=O)N1CC(c2ccc(-c3ccccc3)[nH]2)CC1C(=O)O. The first-order chi connectivity index (χ1) is 11.1. The highest BCUT2D eigenvalue weighted by molar-refractivity contribution is 5.85. The van der Waals surface area contributed by atoms with Gasteiger partial charge >= 0.3 is 5.97 Å². The first kappa shape index (κ1) is 15.3. The lowest BCUT2D eigenvalue weighted by atomic mass is 10.0. The Hall–Kier alpha value is -2.60. The number of nitrogens with one attached hydrogen (secondary N) is 1. The van der Waals surface area contributed by atoms with Gasteiger partial charge in [-0.1, -0.05) is 30.3 Å². The van der Waals surface area contributed by atoms with E-state index in [0.717, 1.165) is 17.0 Å². The molecule has 4 N–H and O–H groups in total. The molecule has 2 heterocycles. The number of benzene rings is 1. The van der Waals surface area contributed by atoms with E-state index < -0.39 is 12.0 Å². The zero-order valence-electron chi connectivity index (χ0n) is 12.6. The summed E-state index contributed by atoms with van der Waals surface area (Å²) >= 11 is 0. The molecule has 1 aromatic carbocycles. The molecule has 0 spiro atoms. The molecule has 0 bridgehead atoms. The van der Waals surface area contributed by atoms with Crippen molar-refractivity contribution in [1.29, 1.82) is 0 Å². The highest BCUT2D eigenvalue weighted by Crippen LogP contribution is 2.33.